The van der Waals surface area contributed by atoms with Crippen molar-refractivity contribution in [2.45, 2.75) is 13.0 Å². The molecule has 0 radical (unpaired) electrons. The number of halogens is 1. The van der Waals surface area contributed by atoms with Crippen LogP contribution in [-0.4, -0.2) is 16.3 Å². The highest BCUT2D eigenvalue weighted by Crippen LogP contribution is 1.93. The quantitative estimate of drug-likeness (QED) is 0.389. The number of hydrogen-bond donors (Lipinski definition) is 2. The average molecular weight is 80.1 g/mol. The topological polar surface area (TPSA) is 40.5 Å². The molecule has 0 saturated heterocycles. The highest BCUT2D eigenvalue weighted by molar-refractivity contribution is 4.22. The van der Waals surface area contributed by atoms with E-state index in [0.717, 1.165) is 0 Å². The van der Waals surface area contributed by atoms with Gasteiger partial charge in [0, 0.05) is 6.92 Å². The van der Waals surface area contributed by atoms with Crippen LogP contribution in [0.2, 0.25) is 0 Å². The summed E-state index contributed by atoms with van der Waals surface area (Å²) >= 11 is 0. The zero-order valence-corrected chi connectivity index (χ0v) is 2.77. The molecule has 0 aromatic carbocycles. The van der Waals surface area contributed by atoms with Crippen molar-refractivity contribution in [3.8, 4) is 0 Å². The minimum atomic E-state index is -3.00. The summed E-state index contributed by atoms with van der Waals surface area (Å²) in [5, 5.41) is 14.8. The van der Waals surface area contributed by atoms with E-state index in [4.69, 9.17) is 10.2 Å². The first-order valence-corrected chi connectivity index (χ1v) is 1.14. The van der Waals surface area contributed by atoms with Gasteiger partial charge in [0.25, 0.3) is 0 Å². The molecule has 32 valence electrons. The Balaban J connectivity index is 3.02. The molecule has 0 bridgehead atoms. The molecule has 0 aliphatic carbocycles. The van der Waals surface area contributed by atoms with Gasteiger partial charge in [-0.15, -0.1) is 0 Å². The fourth-order valence-corrected chi connectivity index (χ4v) is 0. The van der Waals surface area contributed by atoms with Crippen LogP contribution < -0.4 is 0 Å². The molecular formula is C2H5FO2. The van der Waals surface area contributed by atoms with Crippen LogP contribution in [0.5, 0.6) is 0 Å². The van der Waals surface area contributed by atoms with Gasteiger partial charge < -0.3 is 10.2 Å². The second kappa shape index (κ2) is 0.914. The lowest BCUT2D eigenvalue weighted by Gasteiger charge is -1.97. The minimum Gasteiger partial charge on any atom is -0.340 e. The Labute approximate surface area is 28.9 Å². The molecule has 5 heavy (non-hydrogen) atoms. The van der Waals surface area contributed by atoms with E-state index in [0.29, 0.717) is 6.92 Å². The molecule has 0 aromatic rings. The second-order valence-electron chi connectivity index (χ2n) is 0.905. The zero-order valence-electron chi connectivity index (χ0n) is 2.77. The van der Waals surface area contributed by atoms with Gasteiger partial charge in [-0.2, -0.15) is 4.39 Å². The predicted octanol–water partition coefficient (Wildman–Crippen LogP) is -0.386. The lowest BCUT2D eigenvalue weighted by Crippen LogP contribution is -2.13. The number of hydrogen-bond acceptors (Lipinski definition) is 2. The number of aliphatic hydroxyl groups is 2. The molecule has 0 fully saturated rings. The molecule has 0 amide bonds. The van der Waals surface area contributed by atoms with Gasteiger partial charge in [-0.1, -0.05) is 0 Å². The number of alkyl halides is 1. The van der Waals surface area contributed by atoms with E-state index < -0.39 is 6.04 Å². The van der Waals surface area contributed by atoms with E-state index in [1.165, 1.54) is 0 Å². The molecule has 0 heterocycles. The fraction of sp³-hybridized carbons (Fsp3) is 1.00. The van der Waals surface area contributed by atoms with Crippen molar-refractivity contribution in [3.63, 3.8) is 0 Å². The van der Waals surface area contributed by atoms with Crippen LogP contribution in [0.1, 0.15) is 6.92 Å². The minimum absolute atomic E-state index is 0.632. The molecule has 2 N–H and O–H groups in total. The van der Waals surface area contributed by atoms with Gasteiger partial charge in [0.2, 0.25) is 0 Å². The molecule has 0 saturated carbocycles. The lowest BCUT2D eigenvalue weighted by atomic mass is 10.7. The highest BCUT2D eigenvalue weighted by Gasteiger charge is 2.07. The Kier molecular flexibility index (Phi) is 0.886. The van der Waals surface area contributed by atoms with Gasteiger partial charge in [0.15, 0.2) is 0 Å². The summed E-state index contributed by atoms with van der Waals surface area (Å²) in [6.07, 6.45) is 0. The van der Waals surface area contributed by atoms with E-state index in [2.05, 4.69) is 0 Å². The van der Waals surface area contributed by atoms with Crippen molar-refractivity contribution in [2.75, 3.05) is 0 Å². The zero-order chi connectivity index (χ0) is 4.50. The molecule has 0 aromatic heterocycles. The van der Waals surface area contributed by atoms with E-state index >= 15 is 0 Å². The van der Waals surface area contributed by atoms with Crippen LogP contribution in [0.4, 0.5) is 4.39 Å². The van der Waals surface area contributed by atoms with Crippen LogP contribution in [0.3, 0.4) is 0 Å². The Morgan fingerprint density at radius 1 is 1.60 bits per heavy atom. The monoisotopic (exact) mass is 80.0 g/mol. The maximum atomic E-state index is 10.8. The summed E-state index contributed by atoms with van der Waals surface area (Å²) in [6.45, 7) is 0.632. The predicted molar refractivity (Wildman–Crippen MR) is 14.0 cm³/mol. The standard InChI is InChI=1S/C2H5FO2/c1-2(3,4)5/h4-5H,1H3. The maximum absolute atomic E-state index is 10.8. The Bertz CT molecular complexity index is 23.1. The van der Waals surface area contributed by atoms with Crippen molar-refractivity contribution < 1.29 is 14.6 Å². The Morgan fingerprint density at radius 2 is 1.60 bits per heavy atom. The summed E-state index contributed by atoms with van der Waals surface area (Å²) in [4.78, 5) is 0. The first-order valence-electron chi connectivity index (χ1n) is 1.14. The summed E-state index contributed by atoms with van der Waals surface area (Å²) in [5.41, 5.74) is 0. The van der Waals surface area contributed by atoms with Crippen LogP contribution >= 0.6 is 0 Å². The van der Waals surface area contributed by atoms with Crippen molar-refractivity contribution in [1.82, 2.24) is 0 Å². The van der Waals surface area contributed by atoms with Gasteiger partial charge in [-0.05, 0) is 0 Å². The van der Waals surface area contributed by atoms with E-state index in [1.807, 2.05) is 0 Å². The van der Waals surface area contributed by atoms with E-state index in [9.17, 15) is 4.39 Å². The second-order valence-corrected chi connectivity index (χ2v) is 0.905. The summed E-state index contributed by atoms with van der Waals surface area (Å²) < 4.78 is 10.8. The van der Waals surface area contributed by atoms with Crippen LogP contribution in [-0.2, 0) is 0 Å². The maximum Gasteiger partial charge on any atom is 0.312 e. The van der Waals surface area contributed by atoms with Crippen LogP contribution in [0.25, 0.3) is 0 Å². The molecule has 2 nitrogen and oxygen atoms in total. The van der Waals surface area contributed by atoms with Gasteiger partial charge in [0.05, 0.1) is 0 Å². The third kappa shape index (κ3) is 586. The van der Waals surface area contributed by atoms with Gasteiger partial charge in [-0.25, -0.2) is 0 Å². The first kappa shape index (κ1) is 4.85. The number of rotatable bonds is 0. The van der Waals surface area contributed by atoms with E-state index in [-0.39, 0.29) is 0 Å². The first-order chi connectivity index (χ1) is 2.00. The summed E-state index contributed by atoms with van der Waals surface area (Å²) in [5.74, 6) is 0. The Morgan fingerprint density at radius 3 is 1.60 bits per heavy atom. The Hall–Kier alpha value is -0.150. The van der Waals surface area contributed by atoms with Crippen molar-refractivity contribution in [2.24, 2.45) is 0 Å². The van der Waals surface area contributed by atoms with Crippen molar-refractivity contribution in [1.29, 1.82) is 0 Å². The largest absolute Gasteiger partial charge is 0.340 e. The van der Waals surface area contributed by atoms with Gasteiger partial charge in [-0.3, -0.25) is 0 Å². The van der Waals surface area contributed by atoms with Crippen molar-refractivity contribution in [3.05, 3.63) is 0 Å². The summed E-state index contributed by atoms with van der Waals surface area (Å²) in [6, 6.07) is -3.00. The smallest absolute Gasteiger partial charge is 0.312 e. The normalized spacial score (nSPS) is 12.0. The van der Waals surface area contributed by atoms with Crippen LogP contribution in [0.15, 0.2) is 0 Å². The summed E-state index contributed by atoms with van der Waals surface area (Å²) in [7, 11) is 0. The molecule has 0 atom stereocenters. The molecular weight excluding hydrogens is 75.0 g/mol. The SMILES string of the molecule is CC(O)(O)F. The molecule has 0 aliphatic heterocycles. The van der Waals surface area contributed by atoms with E-state index in [1.54, 1.807) is 0 Å². The lowest BCUT2D eigenvalue weighted by molar-refractivity contribution is -0.243. The third-order valence-electron chi connectivity index (χ3n) is 0. The fourth-order valence-electron chi connectivity index (χ4n) is 0. The van der Waals surface area contributed by atoms with Gasteiger partial charge >= 0.3 is 6.04 Å². The third-order valence-corrected chi connectivity index (χ3v) is 0. The molecule has 0 aliphatic rings. The van der Waals surface area contributed by atoms with Gasteiger partial charge in [0.1, 0.15) is 0 Å². The average Bonchev–Trinajstić information content (AvgIpc) is 0.722. The molecule has 0 rings (SSSR count). The van der Waals surface area contributed by atoms with Crippen molar-refractivity contribution >= 4 is 0 Å². The molecule has 3 heteroatoms. The molecule has 0 unspecified atom stereocenters. The molecule has 0 spiro atoms. The van der Waals surface area contributed by atoms with Crippen LogP contribution in [0, 0.1) is 0 Å². The highest BCUT2D eigenvalue weighted by atomic mass is 19.2.